The zero-order valence-electron chi connectivity index (χ0n) is 32.0. The van der Waals surface area contributed by atoms with E-state index in [9.17, 15) is 19.2 Å². The number of hydrogen-bond donors (Lipinski definition) is 5. The van der Waals surface area contributed by atoms with Crippen LogP contribution in [0.3, 0.4) is 0 Å². The molecule has 4 aromatic rings. The molecule has 0 saturated heterocycles. The summed E-state index contributed by atoms with van der Waals surface area (Å²) < 4.78 is 9.45. The van der Waals surface area contributed by atoms with Gasteiger partial charge in [0.15, 0.2) is 0 Å². The van der Waals surface area contributed by atoms with E-state index in [0.29, 0.717) is 30.5 Å². The Bertz CT molecular complexity index is 1710. The van der Waals surface area contributed by atoms with Gasteiger partial charge in [-0.2, -0.15) is 12.6 Å². The molecule has 15 heteroatoms. The van der Waals surface area contributed by atoms with Crippen molar-refractivity contribution in [3.05, 3.63) is 72.6 Å². The molecule has 2 atom stereocenters. The van der Waals surface area contributed by atoms with Gasteiger partial charge in [-0.25, -0.2) is 19.6 Å². The van der Waals surface area contributed by atoms with Crippen LogP contribution in [-0.4, -0.2) is 98.9 Å². The summed E-state index contributed by atoms with van der Waals surface area (Å²) in [5, 5.41) is 5.30. The highest BCUT2D eigenvalue weighted by atomic mass is 32.1. The molecule has 4 rings (SSSR count). The molecule has 0 radical (unpaired) electrons. The van der Waals surface area contributed by atoms with E-state index in [0.717, 1.165) is 40.1 Å². The van der Waals surface area contributed by atoms with Crippen LogP contribution in [0.5, 0.6) is 0 Å². The Kier molecular flexibility index (Phi) is 15.1. The summed E-state index contributed by atoms with van der Waals surface area (Å²) in [6, 6.07) is 14.8. The summed E-state index contributed by atoms with van der Waals surface area (Å²) in [5.41, 5.74) is 5.60. The lowest BCUT2D eigenvalue weighted by Crippen LogP contribution is -2.51. The van der Waals surface area contributed by atoms with Crippen molar-refractivity contribution in [3.8, 4) is 33.6 Å². The maximum Gasteiger partial charge on any atom is 0.407 e. The molecule has 0 aliphatic carbocycles. The largest absolute Gasteiger partial charge is 0.453 e. The molecule has 290 valence electrons. The van der Waals surface area contributed by atoms with Crippen molar-refractivity contribution in [2.75, 3.05) is 33.1 Å². The highest BCUT2D eigenvalue weighted by molar-refractivity contribution is 7.80. The third-order valence-electron chi connectivity index (χ3n) is 8.93. The van der Waals surface area contributed by atoms with Gasteiger partial charge < -0.3 is 39.9 Å². The molecule has 0 fully saturated rings. The molecule has 0 aliphatic heterocycles. The van der Waals surface area contributed by atoms with Crippen molar-refractivity contribution in [2.24, 2.45) is 11.8 Å². The molecule has 0 bridgehead atoms. The van der Waals surface area contributed by atoms with E-state index in [2.05, 4.69) is 43.2 Å². The minimum Gasteiger partial charge on any atom is -0.453 e. The zero-order chi connectivity index (χ0) is 39.4. The van der Waals surface area contributed by atoms with E-state index in [1.165, 1.54) is 14.2 Å². The van der Waals surface area contributed by atoms with Crippen LogP contribution >= 0.6 is 12.6 Å². The van der Waals surface area contributed by atoms with Crippen LogP contribution in [0.1, 0.15) is 52.7 Å². The number of nitrogens with one attached hydrogen (secondary N) is 4. The van der Waals surface area contributed by atoms with Crippen molar-refractivity contribution >= 4 is 36.6 Å². The second kappa shape index (κ2) is 19.7. The number of aromatic amines is 2. The number of carbonyl (C=O) groups is 4. The van der Waals surface area contributed by atoms with Crippen molar-refractivity contribution in [3.63, 3.8) is 0 Å². The topological polar surface area (TPSA) is 175 Å². The Morgan fingerprint density at radius 1 is 0.667 bits per heavy atom. The van der Waals surface area contributed by atoms with Gasteiger partial charge in [0, 0.05) is 18.8 Å². The summed E-state index contributed by atoms with van der Waals surface area (Å²) in [7, 11) is 2.54. The molecule has 2 aromatic heterocycles. The summed E-state index contributed by atoms with van der Waals surface area (Å²) in [4.78, 5) is 69.7. The third kappa shape index (κ3) is 10.9. The third-order valence-corrected chi connectivity index (χ3v) is 9.13. The Morgan fingerprint density at radius 3 is 1.37 bits per heavy atom. The number of benzene rings is 2. The lowest BCUT2D eigenvalue weighted by Gasteiger charge is -2.28. The second-order valence-corrected chi connectivity index (χ2v) is 14.0. The maximum absolute atomic E-state index is 13.4. The first kappa shape index (κ1) is 41.4. The molecule has 0 spiro atoms. The number of hydrogen-bond acceptors (Lipinski definition) is 9. The zero-order valence-corrected chi connectivity index (χ0v) is 32.9. The van der Waals surface area contributed by atoms with Crippen molar-refractivity contribution in [2.45, 2.75) is 66.2 Å². The number of amides is 4. The predicted octanol–water partition coefficient (Wildman–Crippen LogP) is 5.89. The van der Waals surface area contributed by atoms with E-state index in [1.54, 1.807) is 22.2 Å². The monoisotopic (exact) mass is 760 g/mol. The number of H-pyrrole nitrogens is 2. The first-order valence-electron chi connectivity index (χ1n) is 18.0. The standard InChI is InChI=1S/C39H52N8O6S/c1-8-17-46(36(48)34(24(2)3)44-38(50)52-6)22-32-40-20-30(42-32)28-13-9-26(10-14-28)27-11-15-29(16-12-27)31-21-41-33(43-31)23-47(18-19-54)37(49)35(25(4)5)45-39(51)53-7/h9-16,20-21,24-25,34-35,54H,8,17-19,22-23H2,1-7H3,(H,40,42)(H,41,43)(H,44,50)(H,45,51). The fraction of sp³-hybridized carbons (Fsp3) is 0.436. The molecule has 4 amide bonds. The smallest absolute Gasteiger partial charge is 0.407 e. The van der Waals surface area contributed by atoms with Crippen LogP contribution in [0.2, 0.25) is 0 Å². The van der Waals surface area contributed by atoms with Crippen LogP contribution in [0.4, 0.5) is 9.59 Å². The fourth-order valence-corrected chi connectivity index (χ4v) is 6.18. The van der Waals surface area contributed by atoms with Crippen molar-refractivity contribution in [1.29, 1.82) is 0 Å². The van der Waals surface area contributed by atoms with E-state index in [1.807, 2.05) is 83.1 Å². The maximum atomic E-state index is 13.4. The molecular formula is C39H52N8O6S. The summed E-state index contributed by atoms with van der Waals surface area (Å²) in [6.45, 7) is 10.9. The van der Waals surface area contributed by atoms with Crippen LogP contribution < -0.4 is 10.6 Å². The average molecular weight is 761 g/mol. The lowest BCUT2D eigenvalue weighted by atomic mass is 10.0. The number of aromatic nitrogens is 4. The van der Waals surface area contributed by atoms with Gasteiger partial charge in [0.1, 0.15) is 23.7 Å². The summed E-state index contributed by atoms with van der Waals surface area (Å²) in [6.07, 6.45) is 2.95. The minimum absolute atomic E-state index is 0.123. The quantitative estimate of drug-likeness (QED) is 0.0829. The van der Waals surface area contributed by atoms with Crippen molar-refractivity contribution < 1.29 is 28.7 Å². The Hall–Kier alpha value is -5.31. The molecule has 2 aromatic carbocycles. The fourth-order valence-electron chi connectivity index (χ4n) is 5.94. The normalized spacial score (nSPS) is 12.3. The number of ether oxygens (including phenoxy) is 2. The molecule has 0 saturated carbocycles. The highest BCUT2D eigenvalue weighted by Crippen LogP contribution is 2.27. The number of methoxy groups -OCH3 is 2. The Labute approximate surface area is 322 Å². The number of nitrogens with zero attached hydrogens (tertiary/aromatic N) is 4. The van der Waals surface area contributed by atoms with Crippen LogP contribution in [0.25, 0.3) is 33.6 Å². The highest BCUT2D eigenvalue weighted by Gasteiger charge is 2.30. The number of carbonyl (C=O) groups excluding carboxylic acids is 4. The van der Waals surface area contributed by atoms with Gasteiger partial charge in [-0.3, -0.25) is 9.59 Å². The number of alkyl carbamates (subject to hydrolysis) is 2. The first-order valence-corrected chi connectivity index (χ1v) is 18.7. The molecule has 0 aliphatic rings. The van der Waals surface area contributed by atoms with Crippen molar-refractivity contribution in [1.82, 2.24) is 40.4 Å². The SMILES string of the molecule is CCCN(Cc1ncc(-c2ccc(-c3ccc(-c4cnc(CN(CCS)C(=O)C(NC(=O)OC)C(C)C)[nH]4)cc3)cc2)[nH]1)C(=O)C(NC(=O)OC)C(C)C. The van der Waals surface area contributed by atoms with Gasteiger partial charge >= 0.3 is 12.2 Å². The van der Waals surface area contributed by atoms with E-state index in [4.69, 9.17) is 9.47 Å². The second-order valence-electron chi connectivity index (χ2n) is 13.6. The predicted molar refractivity (Wildman–Crippen MR) is 210 cm³/mol. The molecule has 2 unspecified atom stereocenters. The Balaban J connectivity index is 1.41. The average Bonchev–Trinajstić information content (AvgIpc) is 3.85. The summed E-state index contributed by atoms with van der Waals surface area (Å²) in [5.74, 6) is 1.02. The van der Waals surface area contributed by atoms with E-state index < -0.39 is 24.3 Å². The Morgan fingerprint density at radius 2 is 1.04 bits per heavy atom. The van der Waals surface area contributed by atoms with Gasteiger partial charge in [0.05, 0.1) is 51.1 Å². The first-order chi connectivity index (χ1) is 25.9. The van der Waals surface area contributed by atoms with Crippen LogP contribution in [-0.2, 0) is 32.2 Å². The van der Waals surface area contributed by atoms with Gasteiger partial charge in [-0.15, -0.1) is 0 Å². The summed E-state index contributed by atoms with van der Waals surface area (Å²) >= 11 is 4.33. The molecule has 2 heterocycles. The van der Waals surface area contributed by atoms with E-state index in [-0.39, 0.29) is 36.7 Å². The molecular weight excluding hydrogens is 709 g/mol. The van der Waals surface area contributed by atoms with Gasteiger partial charge in [0.2, 0.25) is 11.8 Å². The van der Waals surface area contributed by atoms with Crippen LogP contribution in [0, 0.1) is 11.8 Å². The molecule has 14 nitrogen and oxygen atoms in total. The van der Waals surface area contributed by atoms with Gasteiger partial charge in [-0.1, -0.05) is 83.1 Å². The molecule has 4 N–H and O–H groups in total. The van der Waals surface area contributed by atoms with Gasteiger partial charge in [-0.05, 0) is 40.5 Å². The van der Waals surface area contributed by atoms with Crippen LogP contribution in [0.15, 0.2) is 60.9 Å². The molecule has 54 heavy (non-hydrogen) atoms. The van der Waals surface area contributed by atoms with E-state index >= 15 is 0 Å². The number of imidazole rings is 2. The number of thiol groups is 1. The van der Waals surface area contributed by atoms with Gasteiger partial charge in [0.25, 0.3) is 0 Å². The minimum atomic E-state index is -0.744. The number of rotatable bonds is 17. The lowest BCUT2D eigenvalue weighted by molar-refractivity contribution is -0.135.